The van der Waals surface area contributed by atoms with Crippen LogP contribution in [-0.4, -0.2) is 38.5 Å². The molecule has 0 saturated heterocycles. The molecule has 1 aliphatic heterocycles. The highest BCUT2D eigenvalue weighted by Gasteiger charge is 2.23. The first-order chi connectivity index (χ1) is 9.69. The second-order valence-electron chi connectivity index (χ2n) is 4.66. The van der Waals surface area contributed by atoms with Crippen molar-refractivity contribution in [2.75, 3.05) is 6.54 Å². The van der Waals surface area contributed by atoms with E-state index in [4.69, 9.17) is 5.11 Å². The second kappa shape index (κ2) is 4.80. The van der Waals surface area contributed by atoms with Gasteiger partial charge in [0.25, 0.3) is 0 Å². The summed E-state index contributed by atoms with van der Waals surface area (Å²) in [5, 5.41) is 9.00. The standard InChI is InChI=1S/C14H13N3O3/c18-9-10-1-3-11(4-2-10)12-7-15-13-8-16(14(19)20)5-6-17(12)13/h1-4,7,9H,5-6,8H2,(H,19,20). The molecule has 6 nitrogen and oxygen atoms in total. The summed E-state index contributed by atoms with van der Waals surface area (Å²) >= 11 is 0. The molecule has 102 valence electrons. The molecule has 0 spiro atoms. The van der Waals surface area contributed by atoms with Crippen molar-refractivity contribution in [3.8, 4) is 11.3 Å². The molecule has 0 fully saturated rings. The van der Waals surface area contributed by atoms with Crippen LogP contribution in [0.4, 0.5) is 4.79 Å². The van der Waals surface area contributed by atoms with Gasteiger partial charge in [0.2, 0.25) is 0 Å². The average molecular weight is 271 g/mol. The molecular weight excluding hydrogens is 258 g/mol. The zero-order valence-corrected chi connectivity index (χ0v) is 10.7. The van der Waals surface area contributed by atoms with Gasteiger partial charge in [-0.25, -0.2) is 9.78 Å². The number of rotatable bonds is 2. The van der Waals surface area contributed by atoms with Gasteiger partial charge in [-0.3, -0.25) is 9.69 Å². The van der Waals surface area contributed by atoms with Gasteiger partial charge in [0.15, 0.2) is 0 Å². The molecule has 1 aromatic carbocycles. The molecule has 0 unspecified atom stereocenters. The summed E-state index contributed by atoms with van der Waals surface area (Å²) in [5.74, 6) is 0.744. The predicted octanol–water partition coefficient (Wildman–Crippen LogP) is 1.86. The van der Waals surface area contributed by atoms with Gasteiger partial charge >= 0.3 is 6.09 Å². The number of carbonyl (C=O) groups excluding carboxylic acids is 1. The Morgan fingerprint density at radius 1 is 1.25 bits per heavy atom. The quantitative estimate of drug-likeness (QED) is 0.846. The summed E-state index contributed by atoms with van der Waals surface area (Å²) in [6, 6.07) is 7.26. The number of fused-ring (bicyclic) bond motifs is 1. The molecule has 1 N–H and O–H groups in total. The van der Waals surface area contributed by atoms with E-state index in [0.717, 1.165) is 23.4 Å². The molecule has 0 saturated carbocycles. The van der Waals surface area contributed by atoms with Crippen LogP contribution >= 0.6 is 0 Å². The minimum absolute atomic E-state index is 0.307. The van der Waals surface area contributed by atoms with Crippen LogP contribution in [0.25, 0.3) is 11.3 Å². The first kappa shape index (κ1) is 12.4. The summed E-state index contributed by atoms with van der Waals surface area (Å²) in [6.07, 6.45) is 1.63. The van der Waals surface area contributed by atoms with Crippen LogP contribution in [0.15, 0.2) is 30.5 Å². The molecule has 1 aromatic heterocycles. The smallest absolute Gasteiger partial charge is 0.407 e. The summed E-state index contributed by atoms with van der Waals surface area (Å²) < 4.78 is 2.02. The summed E-state index contributed by atoms with van der Waals surface area (Å²) in [7, 11) is 0. The van der Waals surface area contributed by atoms with E-state index in [2.05, 4.69) is 4.98 Å². The summed E-state index contributed by atoms with van der Waals surface area (Å²) in [5.41, 5.74) is 2.55. The highest BCUT2D eigenvalue weighted by molar-refractivity contribution is 5.76. The molecule has 1 aliphatic rings. The Balaban J connectivity index is 1.93. The van der Waals surface area contributed by atoms with Crippen LogP contribution < -0.4 is 0 Å². The topological polar surface area (TPSA) is 75.4 Å². The molecule has 0 bridgehead atoms. The number of aromatic nitrogens is 2. The fraction of sp³-hybridized carbons (Fsp3) is 0.214. The monoisotopic (exact) mass is 271 g/mol. The Morgan fingerprint density at radius 3 is 2.65 bits per heavy atom. The normalized spacial score (nSPS) is 13.9. The minimum Gasteiger partial charge on any atom is -0.465 e. The van der Waals surface area contributed by atoms with E-state index in [9.17, 15) is 9.59 Å². The third kappa shape index (κ3) is 2.05. The lowest BCUT2D eigenvalue weighted by atomic mass is 10.1. The largest absolute Gasteiger partial charge is 0.465 e. The van der Waals surface area contributed by atoms with Crippen LogP contribution in [0, 0.1) is 0 Å². The third-order valence-corrected chi connectivity index (χ3v) is 3.48. The van der Waals surface area contributed by atoms with Crippen molar-refractivity contribution < 1.29 is 14.7 Å². The van der Waals surface area contributed by atoms with Crippen LogP contribution in [0.2, 0.25) is 0 Å². The predicted molar refractivity (Wildman–Crippen MR) is 71.5 cm³/mol. The number of carboxylic acid groups (broad SMARTS) is 1. The van der Waals surface area contributed by atoms with Crippen molar-refractivity contribution in [2.45, 2.75) is 13.1 Å². The third-order valence-electron chi connectivity index (χ3n) is 3.48. The van der Waals surface area contributed by atoms with Gasteiger partial charge in [0, 0.05) is 18.7 Å². The van der Waals surface area contributed by atoms with Gasteiger partial charge in [-0.05, 0) is 5.56 Å². The SMILES string of the molecule is O=Cc1ccc(-c2cnc3n2CCN(C(=O)O)C3)cc1. The van der Waals surface area contributed by atoms with Gasteiger partial charge in [-0.2, -0.15) is 0 Å². The summed E-state index contributed by atoms with van der Waals surface area (Å²) in [6.45, 7) is 1.35. The first-order valence-electron chi connectivity index (χ1n) is 6.27. The van der Waals surface area contributed by atoms with Crippen LogP contribution in [0.5, 0.6) is 0 Å². The maximum Gasteiger partial charge on any atom is 0.407 e. The van der Waals surface area contributed by atoms with Gasteiger partial charge in [0.05, 0.1) is 18.4 Å². The Bertz CT molecular complexity index is 661. The Morgan fingerprint density at radius 2 is 2.00 bits per heavy atom. The van der Waals surface area contributed by atoms with E-state index in [1.54, 1.807) is 18.3 Å². The Kier molecular flexibility index (Phi) is 2.98. The zero-order chi connectivity index (χ0) is 14.1. The Labute approximate surface area is 115 Å². The van der Waals surface area contributed by atoms with Crippen molar-refractivity contribution in [3.05, 3.63) is 41.9 Å². The number of hydrogen-bond donors (Lipinski definition) is 1. The molecular formula is C14H13N3O3. The second-order valence-corrected chi connectivity index (χ2v) is 4.66. The Hall–Kier alpha value is -2.63. The maximum absolute atomic E-state index is 11.0. The van der Waals surface area contributed by atoms with Crippen molar-refractivity contribution in [3.63, 3.8) is 0 Å². The lowest BCUT2D eigenvalue weighted by Gasteiger charge is -2.26. The van der Waals surface area contributed by atoms with Crippen LogP contribution in [0.1, 0.15) is 16.2 Å². The molecule has 0 aliphatic carbocycles. The van der Waals surface area contributed by atoms with Gasteiger partial charge < -0.3 is 9.67 Å². The molecule has 6 heteroatoms. The van der Waals surface area contributed by atoms with Crippen molar-refractivity contribution in [1.82, 2.24) is 14.5 Å². The van der Waals surface area contributed by atoms with E-state index in [1.165, 1.54) is 4.90 Å². The molecule has 1 amide bonds. The fourth-order valence-electron chi connectivity index (χ4n) is 2.39. The van der Waals surface area contributed by atoms with E-state index in [-0.39, 0.29) is 0 Å². The minimum atomic E-state index is -0.920. The zero-order valence-electron chi connectivity index (χ0n) is 10.7. The number of carbonyl (C=O) groups is 2. The number of aldehydes is 1. The number of imidazole rings is 1. The maximum atomic E-state index is 11.0. The van der Waals surface area contributed by atoms with E-state index >= 15 is 0 Å². The van der Waals surface area contributed by atoms with E-state index in [0.29, 0.717) is 25.2 Å². The van der Waals surface area contributed by atoms with E-state index < -0.39 is 6.09 Å². The molecule has 3 rings (SSSR count). The number of hydrogen-bond acceptors (Lipinski definition) is 3. The van der Waals surface area contributed by atoms with E-state index in [1.807, 2.05) is 16.7 Å². The molecule has 20 heavy (non-hydrogen) atoms. The fourth-order valence-corrected chi connectivity index (χ4v) is 2.39. The molecule has 0 radical (unpaired) electrons. The van der Waals surface area contributed by atoms with Crippen molar-refractivity contribution >= 4 is 12.4 Å². The number of nitrogens with zero attached hydrogens (tertiary/aromatic N) is 3. The number of benzene rings is 1. The average Bonchev–Trinajstić information content (AvgIpc) is 2.90. The highest BCUT2D eigenvalue weighted by Crippen LogP contribution is 2.24. The van der Waals surface area contributed by atoms with Crippen LogP contribution in [-0.2, 0) is 13.1 Å². The summed E-state index contributed by atoms with van der Waals surface area (Å²) in [4.78, 5) is 27.3. The molecule has 2 aromatic rings. The van der Waals surface area contributed by atoms with Gasteiger partial charge in [0.1, 0.15) is 12.1 Å². The van der Waals surface area contributed by atoms with Crippen molar-refractivity contribution in [1.29, 1.82) is 0 Å². The highest BCUT2D eigenvalue weighted by atomic mass is 16.4. The van der Waals surface area contributed by atoms with Crippen molar-refractivity contribution in [2.24, 2.45) is 0 Å². The lowest BCUT2D eigenvalue weighted by molar-refractivity contribution is 0.112. The molecule has 2 heterocycles. The molecule has 0 atom stereocenters. The van der Waals surface area contributed by atoms with Gasteiger partial charge in [-0.1, -0.05) is 24.3 Å². The number of amides is 1. The lowest BCUT2D eigenvalue weighted by Crippen LogP contribution is -2.37. The van der Waals surface area contributed by atoms with Crippen LogP contribution in [0.3, 0.4) is 0 Å². The van der Waals surface area contributed by atoms with Gasteiger partial charge in [-0.15, -0.1) is 0 Å². The first-order valence-corrected chi connectivity index (χ1v) is 6.27.